The Labute approximate surface area is 123 Å². The third-order valence-corrected chi connectivity index (χ3v) is 3.80. The normalized spacial score (nSPS) is 16.8. The van der Waals surface area contributed by atoms with E-state index in [4.69, 9.17) is 4.74 Å². The zero-order valence-corrected chi connectivity index (χ0v) is 12.3. The third-order valence-electron chi connectivity index (χ3n) is 3.80. The number of nitriles is 1. The van der Waals surface area contributed by atoms with Gasteiger partial charge in [-0.25, -0.2) is 0 Å². The fraction of sp³-hybridized carbons (Fsp3) is 0.533. The number of nitrogens with one attached hydrogen (secondary N) is 1. The maximum atomic E-state index is 11.2. The fourth-order valence-corrected chi connectivity index (χ4v) is 2.54. The molecule has 0 amide bonds. The number of nitro benzene ring substituents is 1. The Morgan fingerprint density at radius 1 is 1.57 bits per heavy atom. The van der Waals surface area contributed by atoms with Gasteiger partial charge >= 0.3 is 5.69 Å². The molecule has 1 unspecified atom stereocenters. The quantitative estimate of drug-likeness (QED) is 0.615. The first-order valence-corrected chi connectivity index (χ1v) is 7.07. The van der Waals surface area contributed by atoms with Gasteiger partial charge in [0, 0.05) is 5.56 Å². The molecule has 0 bridgehead atoms. The van der Waals surface area contributed by atoms with E-state index in [0.29, 0.717) is 12.1 Å². The molecule has 1 fully saturated rings. The maximum Gasteiger partial charge on any atom is 0.313 e. The lowest BCUT2D eigenvalue weighted by Crippen LogP contribution is -2.50. The van der Waals surface area contributed by atoms with E-state index >= 15 is 0 Å². The predicted octanol–water partition coefficient (Wildman–Crippen LogP) is 2.56. The molecule has 2 rings (SSSR count). The van der Waals surface area contributed by atoms with Crippen molar-refractivity contribution in [3.8, 4) is 11.8 Å². The van der Waals surface area contributed by atoms with Crippen LogP contribution >= 0.6 is 0 Å². The summed E-state index contributed by atoms with van der Waals surface area (Å²) in [6.45, 7) is 4.38. The summed E-state index contributed by atoms with van der Waals surface area (Å²) in [4.78, 5) is 10.7. The summed E-state index contributed by atoms with van der Waals surface area (Å²) in [6, 6.07) is 7.27. The number of ether oxygens (including phenoxy) is 1. The van der Waals surface area contributed by atoms with Gasteiger partial charge in [-0.2, -0.15) is 5.26 Å². The van der Waals surface area contributed by atoms with E-state index in [1.54, 1.807) is 25.1 Å². The Hall–Kier alpha value is -2.13. The molecule has 0 heterocycles. The molecular formula is C15H19N3O3. The lowest BCUT2D eigenvalue weighted by atomic mass is 9.96. The summed E-state index contributed by atoms with van der Waals surface area (Å²) < 4.78 is 5.66. The topological polar surface area (TPSA) is 88.2 Å². The maximum absolute atomic E-state index is 11.2. The van der Waals surface area contributed by atoms with Crippen molar-refractivity contribution in [3.63, 3.8) is 0 Å². The number of benzene rings is 1. The van der Waals surface area contributed by atoms with E-state index in [9.17, 15) is 15.4 Å². The van der Waals surface area contributed by atoms with E-state index < -0.39 is 10.5 Å². The van der Waals surface area contributed by atoms with Crippen molar-refractivity contribution < 1.29 is 9.66 Å². The van der Waals surface area contributed by atoms with Gasteiger partial charge in [0.05, 0.1) is 11.0 Å². The minimum absolute atomic E-state index is 0.0309. The van der Waals surface area contributed by atoms with Crippen molar-refractivity contribution in [2.24, 2.45) is 5.92 Å². The van der Waals surface area contributed by atoms with Gasteiger partial charge in [0.15, 0.2) is 5.75 Å². The monoisotopic (exact) mass is 289 g/mol. The Kier molecular flexibility index (Phi) is 4.43. The second-order valence-electron chi connectivity index (χ2n) is 5.36. The van der Waals surface area contributed by atoms with Crippen LogP contribution in [-0.2, 0) is 0 Å². The van der Waals surface area contributed by atoms with Crippen LogP contribution in [0.25, 0.3) is 0 Å². The SMILES string of the molecule is CCNC(C#N)(COc1cccc(C)c1[N+](=O)[O-])C1CC1. The molecule has 6 nitrogen and oxygen atoms in total. The Balaban J connectivity index is 2.20. The summed E-state index contributed by atoms with van der Waals surface area (Å²) in [5.74, 6) is 0.476. The molecule has 1 aromatic carbocycles. The number of nitrogens with zero attached hydrogens (tertiary/aromatic N) is 2. The number of aryl methyl sites for hydroxylation is 1. The Bertz CT molecular complexity index is 578. The highest BCUT2D eigenvalue weighted by Crippen LogP contribution is 2.40. The summed E-state index contributed by atoms with van der Waals surface area (Å²) in [7, 11) is 0. The van der Waals surface area contributed by atoms with Gasteiger partial charge in [0.2, 0.25) is 0 Å². The zero-order valence-electron chi connectivity index (χ0n) is 12.3. The van der Waals surface area contributed by atoms with Gasteiger partial charge in [0.25, 0.3) is 0 Å². The van der Waals surface area contributed by atoms with Crippen LogP contribution in [-0.4, -0.2) is 23.6 Å². The van der Waals surface area contributed by atoms with E-state index in [1.807, 2.05) is 6.92 Å². The standard InChI is InChI=1S/C15H19N3O3/c1-3-17-15(9-16,12-7-8-12)10-21-13-6-4-5-11(2)14(13)18(19)20/h4-6,12,17H,3,7-8,10H2,1-2H3. The molecule has 21 heavy (non-hydrogen) atoms. The van der Waals surface area contributed by atoms with Crippen LogP contribution < -0.4 is 10.1 Å². The highest BCUT2D eigenvalue weighted by molar-refractivity contribution is 5.52. The number of hydrogen-bond acceptors (Lipinski definition) is 5. The molecule has 1 atom stereocenters. The van der Waals surface area contributed by atoms with E-state index in [-0.39, 0.29) is 24.0 Å². The highest BCUT2D eigenvalue weighted by Gasteiger charge is 2.46. The van der Waals surface area contributed by atoms with Gasteiger partial charge in [-0.05, 0) is 38.3 Å². The first kappa shape index (κ1) is 15.3. The van der Waals surface area contributed by atoms with Crippen LogP contribution in [0.5, 0.6) is 5.75 Å². The highest BCUT2D eigenvalue weighted by atomic mass is 16.6. The number of rotatable bonds is 7. The van der Waals surface area contributed by atoms with Crippen LogP contribution in [0.3, 0.4) is 0 Å². The number of hydrogen-bond donors (Lipinski definition) is 1. The molecule has 1 aliphatic rings. The molecule has 1 N–H and O–H groups in total. The fourth-order valence-electron chi connectivity index (χ4n) is 2.54. The van der Waals surface area contributed by atoms with E-state index in [1.165, 1.54) is 0 Å². The average molecular weight is 289 g/mol. The molecular weight excluding hydrogens is 270 g/mol. The predicted molar refractivity (Wildman–Crippen MR) is 78.1 cm³/mol. The minimum atomic E-state index is -0.758. The van der Waals surface area contributed by atoms with E-state index in [0.717, 1.165) is 12.8 Å². The molecule has 0 radical (unpaired) electrons. The van der Waals surface area contributed by atoms with Gasteiger partial charge in [-0.1, -0.05) is 19.1 Å². The van der Waals surface area contributed by atoms with Crippen LogP contribution in [0.4, 0.5) is 5.69 Å². The average Bonchev–Trinajstić information content (AvgIpc) is 3.28. The second-order valence-corrected chi connectivity index (χ2v) is 5.36. The van der Waals surface area contributed by atoms with Crippen LogP contribution in [0, 0.1) is 34.3 Å². The summed E-state index contributed by atoms with van der Waals surface area (Å²) in [5, 5.41) is 23.8. The van der Waals surface area contributed by atoms with Crippen LogP contribution in [0.1, 0.15) is 25.3 Å². The summed E-state index contributed by atoms with van der Waals surface area (Å²) in [6.07, 6.45) is 1.97. The molecule has 0 aromatic heterocycles. The largest absolute Gasteiger partial charge is 0.484 e. The van der Waals surface area contributed by atoms with Crippen molar-refractivity contribution in [2.45, 2.75) is 32.2 Å². The molecule has 1 aliphatic carbocycles. The van der Waals surface area contributed by atoms with Crippen molar-refractivity contribution in [3.05, 3.63) is 33.9 Å². The smallest absolute Gasteiger partial charge is 0.313 e. The molecule has 0 spiro atoms. The van der Waals surface area contributed by atoms with Crippen LogP contribution in [0.15, 0.2) is 18.2 Å². The van der Waals surface area contributed by atoms with Gasteiger partial charge in [0.1, 0.15) is 12.1 Å². The molecule has 1 aromatic rings. The Morgan fingerprint density at radius 2 is 2.29 bits per heavy atom. The van der Waals surface area contributed by atoms with E-state index in [2.05, 4.69) is 11.4 Å². The number of likely N-dealkylation sites (N-methyl/N-ethyl adjacent to an activating group) is 1. The molecule has 6 heteroatoms. The van der Waals surface area contributed by atoms with Gasteiger partial charge in [-0.3, -0.25) is 15.4 Å². The number of para-hydroxylation sites is 1. The molecule has 0 saturated heterocycles. The second kappa shape index (κ2) is 6.10. The van der Waals surface area contributed by atoms with Crippen molar-refractivity contribution >= 4 is 5.69 Å². The first-order valence-electron chi connectivity index (χ1n) is 7.07. The zero-order chi connectivity index (χ0) is 15.5. The lowest BCUT2D eigenvalue weighted by Gasteiger charge is -2.27. The summed E-state index contributed by atoms with van der Waals surface area (Å²) in [5.41, 5.74) is -0.238. The summed E-state index contributed by atoms with van der Waals surface area (Å²) >= 11 is 0. The molecule has 1 saturated carbocycles. The van der Waals surface area contributed by atoms with Gasteiger partial charge in [-0.15, -0.1) is 0 Å². The van der Waals surface area contributed by atoms with Crippen molar-refractivity contribution in [1.29, 1.82) is 5.26 Å². The van der Waals surface area contributed by atoms with Crippen molar-refractivity contribution in [2.75, 3.05) is 13.2 Å². The van der Waals surface area contributed by atoms with Gasteiger partial charge < -0.3 is 4.74 Å². The van der Waals surface area contributed by atoms with Crippen molar-refractivity contribution in [1.82, 2.24) is 5.32 Å². The lowest BCUT2D eigenvalue weighted by molar-refractivity contribution is -0.386. The third kappa shape index (κ3) is 3.14. The van der Waals surface area contributed by atoms with Crippen LogP contribution in [0.2, 0.25) is 0 Å². The number of nitro groups is 1. The molecule has 112 valence electrons. The Morgan fingerprint density at radius 3 is 2.81 bits per heavy atom. The minimum Gasteiger partial charge on any atom is -0.484 e. The molecule has 0 aliphatic heterocycles. The first-order chi connectivity index (χ1) is 10.0.